The molecule has 2 heterocycles. The second-order valence-corrected chi connectivity index (χ2v) is 12.4. The van der Waals surface area contributed by atoms with Gasteiger partial charge in [-0.25, -0.2) is 21.8 Å². The molecule has 0 bridgehead atoms. The minimum Gasteiger partial charge on any atom is -0.423 e. The van der Waals surface area contributed by atoms with E-state index in [2.05, 4.69) is 20.5 Å². The number of nitrogens with zero attached hydrogens (tertiary/aromatic N) is 3. The number of sulfone groups is 2. The molecule has 0 unspecified atom stereocenters. The molecular weight excluding hydrogens is 524 g/mol. The Morgan fingerprint density at radius 1 is 0.917 bits per heavy atom. The van der Waals surface area contributed by atoms with Gasteiger partial charge in [0.05, 0.1) is 5.69 Å². The normalized spacial score (nSPS) is 12.1. The highest BCUT2D eigenvalue weighted by Gasteiger charge is 2.23. The summed E-state index contributed by atoms with van der Waals surface area (Å²) in [6, 6.07) is 18.2. The van der Waals surface area contributed by atoms with E-state index < -0.39 is 42.8 Å². The Bertz CT molecular complexity index is 1580. The summed E-state index contributed by atoms with van der Waals surface area (Å²) in [5, 5.41) is 12.7. The largest absolute Gasteiger partial charge is 0.423 e. The SMILES string of the molecule is O=C(CS(=O)(=O)Cc1nnc(CS(=O)(=O)/C=C\c2ccccc2)o1)Nc1nc(-c2ccccc2)cs1. The maximum atomic E-state index is 12.4. The first-order valence-corrected chi connectivity index (χ1v) is 14.9. The Kier molecular flexibility index (Phi) is 7.72. The van der Waals surface area contributed by atoms with Crippen LogP contribution >= 0.6 is 11.3 Å². The molecule has 1 amide bonds. The summed E-state index contributed by atoms with van der Waals surface area (Å²) in [6.07, 6.45) is 1.43. The van der Waals surface area contributed by atoms with Gasteiger partial charge in [0.15, 0.2) is 24.8 Å². The van der Waals surface area contributed by atoms with Crippen molar-refractivity contribution in [1.82, 2.24) is 15.2 Å². The quantitative estimate of drug-likeness (QED) is 0.317. The van der Waals surface area contributed by atoms with Gasteiger partial charge in [0.25, 0.3) is 0 Å². The van der Waals surface area contributed by atoms with Gasteiger partial charge in [-0.15, -0.1) is 21.5 Å². The molecule has 0 aliphatic rings. The van der Waals surface area contributed by atoms with E-state index in [-0.39, 0.29) is 16.9 Å². The highest BCUT2D eigenvalue weighted by Crippen LogP contribution is 2.24. The van der Waals surface area contributed by atoms with E-state index in [1.54, 1.807) is 29.6 Å². The van der Waals surface area contributed by atoms with Gasteiger partial charge in [-0.3, -0.25) is 4.79 Å². The molecule has 0 aliphatic carbocycles. The Hall–Kier alpha value is -3.68. The molecule has 4 rings (SSSR count). The number of anilines is 1. The van der Waals surface area contributed by atoms with Crippen molar-refractivity contribution in [3.8, 4) is 11.3 Å². The highest BCUT2D eigenvalue weighted by molar-refractivity contribution is 7.93. The van der Waals surface area contributed by atoms with Crippen LogP contribution in [-0.4, -0.2) is 43.7 Å². The van der Waals surface area contributed by atoms with Gasteiger partial charge in [0.1, 0.15) is 17.3 Å². The Morgan fingerprint density at radius 3 is 2.25 bits per heavy atom. The third kappa shape index (κ3) is 7.41. The van der Waals surface area contributed by atoms with E-state index >= 15 is 0 Å². The lowest BCUT2D eigenvalue weighted by atomic mass is 10.2. The van der Waals surface area contributed by atoms with Gasteiger partial charge in [-0.2, -0.15) is 0 Å². The average Bonchev–Trinajstić information content (AvgIpc) is 3.47. The molecule has 10 nitrogen and oxygen atoms in total. The standard InChI is InChI=1S/C23H20N4O6S3/c28-20(25-23-24-19(13-34-23)18-9-5-2-6-10-18)14-36(31,32)16-22-27-26-21(33-22)15-35(29,30)12-11-17-7-3-1-4-8-17/h1-13H,14-16H2,(H,24,25,28)/b12-11-. The van der Waals surface area contributed by atoms with Crippen molar-refractivity contribution in [3.05, 3.63) is 88.8 Å². The molecule has 13 heteroatoms. The molecule has 36 heavy (non-hydrogen) atoms. The minimum atomic E-state index is -3.97. The summed E-state index contributed by atoms with van der Waals surface area (Å²) in [7, 11) is -7.70. The van der Waals surface area contributed by atoms with Crippen molar-refractivity contribution < 1.29 is 26.0 Å². The van der Waals surface area contributed by atoms with Crippen LogP contribution < -0.4 is 5.32 Å². The van der Waals surface area contributed by atoms with Gasteiger partial charge in [-0.05, 0) is 11.6 Å². The zero-order valence-electron chi connectivity index (χ0n) is 18.6. The molecule has 0 radical (unpaired) electrons. The van der Waals surface area contributed by atoms with E-state index in [0.29, 0.717) is 11.3 Å². The van der Waals surface area contributed by atoms with Crippen molar-refractivity contribution in [2.75, 3.05) is 11.1 Å². The molecule has 0 aliphatic heterocycles. The lowest BCUT2D eigenvalue weighted by molar-refractivity contribution is -0.113. The lowest BCUT2D eigenvalue weighted by Gasteiger charge is -2.02. The van der Waals surface area contributed by atoms with Gasteiger partial charge in [0, 0.05) is 16.4 Å². The number of hydrogen-bond acceptors (Lipinski definition) is 10. The van der Waals surface area contributed by atoms with Gasteiger partial charge in [0.2, 0.25) is 17.7 Å². The van der Waals surface area contributed by atoms with Crippen LogP contribution in [0.15, 0.2) is 75.9 Å². The zero-order valence-corrected chi connectivity index (χ0v) is 21.1. The fourth-order valence-electron chi connectivity index (χ4n) is 3.04. The second kappa shape index (κ2) is 10.9. The molecule has 4 aromatic rings. The molecule has 0 spiro atoms. The first-order valence-electron chi connectivity index (χ1n) is 10.5. The summed E-state index contributed by atoms with van der Waals surface area (Å²) in [4.78, 5) is 16.6. The Labute approximate surface area is 211 Å². The number of nitrogens with one attached hydrogen (secondary N) is 1. The number of carbonyl (C=O) groups is 1. The van der Waals surface area contributed by atoms with Crippen LogP contribution in [0.3, 0.4) is 0 Å². The van der Waals surface area contributed by atoms with Crippen LogP contribution in [0.2, 0.25) is 0 Å². The molecule has 0 saturated heterocycles. The first-order chi connectivity index (χ1) is 17.2. The van der Waals surface area contributed by atoms with Crippen molar-refractivity contribution in [2.45, 2.75) is 11.5 Å². The third-order valence-electron chi connectivity index (χ3n) is 4.62. The summed E-state index contributed by atoms with van der Waals surface area (Å²) >= 11 is 1.17. The monoisotopic (exact) mass is 544 g/mol. The smallest absolute Gasteiger partial charge is 0.241 e. The van der Waals surface area contributed by atoms with Crippen LogP contribution in [0.25, 0.3) is 17.3 Å². The third-order valence-corrected chi connectivity index (χ3v) is 7.96. The second-order valence-electron chi connectivity index (χ2n) is 7.59. The number of carbonyl (C=O) groups excluding carboxylic acids is 1. The predicted molar refractivity (Wildman–Crippen MR) is 136 cm³/mol. The maximum Gasteiger partial charge on any atom is 0.241 e. The van der Waals surface area contributed by atoms with Gasteiger partial charge >= 0.3 is 0 Å². The molecule has 186 valence electrons. The molecule has 0 fully saturated rings. The number of hydrogen-bond donors (Lipinski definition) is 1. The van der Waals surface area contributed by atoms with Crippen LogP contribution in [0.4, 0.5) is 5.13 Å². The first kappa shape index (κ1) is 25.4. The summed E-state index contributed by atoms with van der Waals surface area (Å²) in [5.41, 5.74) is 2.23. The Balaban J connectivity index is 1.32. The topological polar surface area (TPSA) is 149 Å². The number of rotatable bonds is 10. The number of thiazole rings is 1. The fourth-order valence-corrected chi connectivity index (χ4v) is 5.76. The molecular formula is C23H20N4O6S3. The minimum absolute atomic E-state index is 0.251. The van der Waals surface area contributed by atoms with E-state index in [9.17, 15) is 21.6 Å². The number of amides is 1. The van der Waals surface area contributed by atoms with E-state index in [4.69, 9.17) is 4.42 Å². The van der Waals surface area contributed by atoms with Crippen LogP contribution in [0.1, 0.15) is 17.3 Å². The highest BCUT2D eigenvalue weighted by atomic mass is 32.2. The Morgan fingerprint density at radius 2 is 1.56 bits per heavy atom. The predicted octanol–water partition coefficient (Wildman–Crippen LogP) is 3.33. The van der Waals surface area contributed by atoms with Crippen molar-refractivity contribution >= 4 is 48.1 Å². The van der Waals surface area contributed by atoms with Crippen molar-refractivity contribution in [2.24, 2.45) is 0 Å². The van der Waals surface area contributed by atoms with Gasteiger partial charge in [-0.1, -0.05) is 60.7 Å². The number of aromatic nitrogens is 3. The lowest BCUT2D eigenvalue weighted by Crippen LogP contribution is -2.24. The van der Waals surface area contributed by atoms with Crippen molar-refractivity contribution in [3.63, 3.8) is 0 Å². The van der Waals surface area contributed by atoms with E-state index in [1.807, 2.05) is 36.4 Å². The average molecular weight is 545 g/mol. The molecule has 2 aromatic heterocycles. The van der Waals surface area contributed by atoms with Crippen molar-refractivity contribution in [1.29, 1.82) is 0 Å². The molecule has 0 saturated carbocycles. The zero-order chi connectivity index (χ0) is 25.6. The van der Waals surface area contributed by atoms with E-state index in [1.165, 1.54) is 17.4 Å². The van der Waals surface area contributed by atoms with Crippen LogP contribution in [0.5, 0.6) is 0 Å². The van der Waals surface area contributed by atoms with Crippen LogP contribution in [-0.2, 0) is 36.0 Å². The van der Waals surface area contributed by atoms with E-state index in [0.717, 1.165) is 11.0 Å². The summed E-state index contributed by atoms with van der Waals surface area (Å²) < 4.78 is 54.7. The molecule has 1 N–H and O–H groups in total. The fraction of sp³-hybridized carbons (Fsp3) is 0.130. The molecule has 2 aromatic carbocycles. The summed E-state index contributed by atoms with van der Waals surface area (Å²) in [6.45, 7) is 0. The van der Waals surface area contributed by atoms with Gasteiger partial charge < -0.3 is 9.73 Å². The maximum absolute atomic E-state index is 12.4. The van der Waals surface area contributed by atoms with Crippen LogP contribution in [0, 0.1) is 0 Å². The summed E-state index contributed by atoms with van der Waals surface area (Å²) in [5.74, 6) is -3.45. The number of benzene rings is 2. The molecule has 0 atom stereocenters.